The number of esters is 2. The molecule has 0 N–H and O–H groups in total. The Balaban J connectivity index is 1.51. The number of benzene rings is 2. The van der Waals surface area contributed by atoms with Gasteiger partial charge in [-0.3, -0.25) is 14.5 Å². The van der Waals surface area contributed by atoms with Gasteiger partial charge >= 0.3 is 11.9 Å². The van der Waals surface area contributed by atoms with Crippen LogP contribution in [0.5, 0.6) is 0 Å². The van der Waals surface area contributed by atoms with Gasteiger partial charge in [0.15, 0.2) is 5.78 Å². The van der Waals surface area contributed by atoms with Crippen LogP contribution < -0.4 is 0 Å². The van der Waals surface area contributed by atoms with Crippen LogP contribution in [0.4, 0.5) is 0 Å². The van der Waals surface area contributed by atoms with E-state index in [4.69, 9.17) is 9.47 Å². The number of carbonyl (C=O) groups excluding carboxylic acids is 3. The first kappa shape index (κ1) is 21.2. The van der Waals surface area contributed by atoms with Crippen LogP contribution in [0.25, 0.3) is 0 Å². The second kappa shape index (κ2) is 9.02. The summed E-state index contributed by atoms with van der Waals surface area (Å²) < 4.78 is 11.5. The van der Waals surface area contributed by atoms with E-state index in [-0.39, 0.29) is 24.4 Å². The number of ketones is 1. The van der Waals surface area contributed by atoms with E-state index in [0.29, 0.717) is 29.2 Å². The molecule has 0 spiro atoms. The molecule has 162 valence electrons. The highest BCUT2D eigenvalue weighted by Gasteiger charge is 2.51. The van der Waals surface area contributed by atoms with Crippen molar-refractivity contribution in [3.63, 3.8) is 0 Å². The van der Waals surface area contributed by atoms with Crippen molar-refractivity contribution in [3.8, 4) is 0 Å². The minimum atomic E-state index is -0.555. The normalized spacial score (nSPS) is 25.1. The molecule has 0 aliphatic carbocycles. The van der Waals surface area contributed by atoms with E-state index in [1.54, 1.807) is 42.5 Å². The lowest BCUT2D eigenvalue weighted by molar-refractivity contribution is -0.160. The Morgan fingerprint density at radius 3 is 2.45 bits per heavy atom. The Hall–Kier alpha value is -2.99. The fraction of sp³-hybridized carbons (Fsp3) is 0.400. The zero-order chi connectivity index (χ0) is 22.0. The second-order valence-electron chi connectivity index (χ2n) is 8.36. The van der Waals surface area contributed by atoms with Crippen LogP contribution in [0.3, 0.4) is 0 Å². The molecule has 2 bridgehead atoms. The molecule has 0 saturated carbocycles. The number of hydrogen-bond donors (Lipinski definition) is 0. The number of carbonyl (C=O) groups is 3. The molecule has 0 amide bonds. The van der Waals surface area contributed by atoms with Gasteiger partial charge in [0.2, 0.25) is 0 Å². The van der Waals surface area contributed by atoms with Gasteiger partial charge in [-0.05, 0) is 38.9 Å². The van der Waals surface area contributed by atoms with Crippen LogP contribution in [0.2, 0.25) is 0 Å². The lowest BCUT2D eigenvalue weighted by Gasteiger charge is -2.41. The predicted octanol–water partition coefficient (Wildman–Crippen LogP) is 3.64. The highest BCUT2D eigenvalue weighted by atomic mass is 16.6. The smallest absolute Gasteiger partial charge is 0.338 e. The Labute approximate surface area is 182 Å². The van der Waals surface area contributed by atoms with Gasteiger partial charge in [-0.25, -0.2) is 4.79 Å². The fourth-order valence-electron chi connectivity index (χ4n) is 4.87. The molecule has 0 aromatic heterocycles. The van der Waals surface area contributed by atoms with Crippen LogP contribution in [-0.4, -0.2) is 47.9 Å². The van der Waals surface area contributed by atoms with Crippen LogP contribution in [0, 0.1) is 5.92 Å². The Bertz CT molecular complexity index is 973. The number of hydrogen-bond acceptors (Lipinski definition) is 6. The zero-order valence-electron chi connectivity index (χ0n) is 17.8. The monoisotopic (exact) mass is 421 g/mol. The minimum absolute atomic E-state index is 0.0182. The Kier molecular flexibility index (Phi) is 6.18. The maximum atomic E-state index is 13.2. The molecule has 2 heterocycles. The number of rotatable bonds is 6. The third kappa shape index (κ3) is 4.39. The topological polar surface area (TPSA) is 72.9 Å². The largest absolute Gasteiger partial charge is 0.460 e. The van der Waals surface area contributed by atoms with E-state index in [2.05, 4.69) is 4.90 Å². The molecule has 0 radical (unpaired) electrons. The van der Waals surface area contributed by atoms with Crippen molar-refractivity contribution in [3.05, 3.63) is 71.3 Å². The summed E-state index contributed by atoms with van der Waals surface area (Å²) in [6, 6.07) is 16.2. The summed E-state index contributed by atoms with van der Waals surface area (Å²) >= 11 is 0. The highest BCUT2D eigenvalue weighted by molar-refractivity contribution is 5.95. The Morgan fingerprint density at radius 1 is 1.00 bits per heavy atom. The van der Waals surface area contributed by atoms with Gasteiger partial charge in [-0.1, -0.05) is 42.5 Å². The number of Topliss-reactive ketones (excluding diaryl/α,β-unsaturated/α-hetero) is 1. The molecule has 4 atom stereocenters. The third-order valence-corrected chi connectivity index (χ3v) is 6.52. The standard InChI is InChI=1S/C25H27NO5/c1-16(27)20-11-7-6-10-18(20)15-30-25(29)23-21-13-12-19(26(21)2)14-22(23)31-24(28)17-8-4-3-5-9-17/h3-11,19,21-23H,12-15H2,1-2H3/t19-,21+,22+,23-/m1/s1. The lowest BCUT2D eigenvalue weighted by atomic mass is 9.87. The maximum Gasteiger partial charge on any atom is 0.338 e. The van der Waals surface area contributed by atoms with Gasteiger partial charge in [-0.2, -0.15) is 0 Å². The quantitative estimate of drug-likeness (QED) is 0.524. The van der Waals surface area contributed by atoms with Crippen molar-refractivity contribution < 1.29 is 23.9 Å². The third-order valence-electron chi connectivity index (χ3n) is 6.52. The molecule has 6 nitrogen and oxygen atoms in total. The van der Waals surface area contributed by atoms with E-state index >= 15 is 0 Å². The van der Waals surface area contributed by atoms with Crippen molar-refractivity contribution in [1.82, 2.24) is 4.90 Å². The summed E-state index contributed by atoms with van der Waals surface area (Å²) in [5.74, 6) is -1.44. The zero-order valence-corrected chi connectivity index (χ0v) is 17.8. The summed E-state index contributed by atoms with van der Waals surface area (Å²) in [6.45, 7) is 1.51. The van der Waals surface area contributed by atoms with E-state index in [9.17, 15) is 14.4 Å². The number of piperidine rings is 1. The van der Waals surface area contributed by atoms with Gasteiger partial charge in [0.05, 0.1) is 5.56 Å². The Morgan fingerprint density at radius 2 is 1.71 bits per heavy atom. The predicted molar refractivity (Wildman–Crippen MR) is 115 cm³/mol. The van der Waals surface area contributed by atoms with Gasteiger partial charge in [0.25, 0.3) is 0 Å². The maximum absolute atomic E-state index is 13.2. The first-order valence-corrected chi connectivity index (χ1v) is 10.7. The van der Waals surface area contributed by atoms with E-state index in [1.807, 2.05) is 19.2 Å². The van der Waals surface area contributed by atoms with Crippen LogP contribution >= 0.6 is 0 Å². The summed E-state index contributed by atoms with van der Waals surface area (Å²) in [5.41, 5.74) is 1.69. The molecular formula is C25H27NO5. The van der Waals surface area contributed by atoms with E-state index in [0.717, 1.165) is 12.8 Å². The van der Waals surface area contributed by atoms with Crippen molar-refractivity contribution in [2.75, 3.05) is 7.05 Å². The molecule has 4 rings (SSSR count). The van der Waals surface area contributed by atoms with E-state index < -0.39 is 18.0 Å². The summed E-state index contributed by atoms with van der Waals surface area (Å²) in [6.07, 6.45) is 1.91. The minimum Gasteiger partial charge on any atom is -0.460 e. The van der Waals surface area contributed by atoms with Gasteiger partial charge in [0, 0.05) is 29.6 Å². The lowest BCUT2D eigenvalue weighted by Crippen LogP contribution is -2.53. The molecule has 2 fully saturated rings. The first-order valence-electron chi connectivity index (χ1n) is 10.7. The van der Waals surface area contributed by atoms with Crippen LogP contribution in [0.1, 0.15) is 52.5 Å². The fourth-order valence-corrected chi connectivity index (χ4v) is 4.87. The SMILES string of the molecule is CC(=O)c1ccccc1COC(=O)[C@H]1[C@@H](OC(=O)c2ccccc2)C[C@H]2CC[C@@H]1N2C. The van der Waals surface area contributed by atoms with Crippen LogP contribution in [-0.2, 0) is 20.9 Å². The number of fused-ring (bicyclic) bond motifs is 2. The molecule has 0 unspecified atom stereocenters. The molecule has 2 aliphatic heterocycles. The van der Waals surface area contributed by atoms with Crippen molar-refractivity contribution in [2.24, 2.45) is 5.92 Å². The molecule has 2 aromatic carbocycles. The summed E-state index contributed by atoms with van der Waals surface area (Å²) in [7, 11) is 2.02. The molecule has 2 aromatic rings. The first-order chi connectivity index (χ1) is 15.0. The number of ether oxygens (including phenoxy) is 2. The molecule has 2 aliphatic rings. The summed E-state index contributed by atoms with van der Waals surface area (Å²) in [4.78, 5) is 39.9. The van der Waals surface area contributed by atoms with Crippen molar-refractivity contribution in [2.45, 2.75) is 51.0 Å². The van der Waals surface area contributed by atoms with Gasteiger partial charge in [0.1, 0.15) is 18.6 Å². The average Bonchev–Trinajstić information content (AvgIpc) is 3.01. The molecular weight excluding hydrogens is 394 g/mol. The van der Waals surface area contributed by atoms with Crippen molar-refractivity contribution in [1.29, 1.82) is 0 Å². The molecule has 31 heavy (non-hydrogen) atoms. The van der Waals surface area contributed by atoms with Gasteiger partial charge in [-0.15, -0.1) is 0 Å². The summed E-state index contributed by atoms with van der Waals surface area (Å²) in [5, 5.41) is 0. The highest BCUT2D eigenvalue weighted by Crippen LogP contribution is 2.40. The van der Waals surface area contributed by atoms with Crippen molar-refractivity contribution >= 4 is 17.7 Å². The van der Waals surface area contributed by atoms with Crippen LogP contribution in [0.15, 0.2) is 54.6 Å². The number of nitrogens with zero attached hydrogens (tertiary/aromatic N) is 1. The molecule has 6 heteroatoms. The molecule has 2 saturated heterocycles. The second-order valence-corrected chi connectivity index (χ2v) is 8.36. The van der Waals surface area contributed by atoms with Gasteiger partial charge < -0.3 is 9.47 Å². The average molecular weight is 421 g/mol. The van der Waals surface area contributed by atoms with E-state index in [1.165, 1.54) is 6.92 Å².